The van der Waals surface area contributed by atoms with Gasteiger partial charge in [-0.2, -0.15) is 0 Å². The number of alkyl halides is 1. The predicted octanol–water partition coefficient (Wildman–Crippen LogP) is 1.07. The van der Waals surface area contributed by atoms with Crippen LogP contribution in [0.2, 0.25) is 0 Å². The Morgan fingerprint density at radius 3 is 2.36 bits per heavy atom. The summed E-state index contributed by atoms with van der Waals surface area (Å²) in [6, 6.07) is 0. The summed E-state index contributed by atoms with van der Waals surface area (Å²) in [5, 5.41) is 0. The normalized spacial score (nSPS) is 13.0. The van der Waals surface area contributed by atoms with E-state index in [1.807, 2.05) is 0 Å². The summed E-state index contributed by atoms with van der Waals surface area (Å²) < 4.78 is 4.29. The third-order valence-electron chi connectivity index (χ3n) is 0.977. The second kappa shape index (κ2) is 5.07. The topological polar surface area (TPSA) is 43.4 Å². The summed E-state index contributed by atoms with van der Waals surface area (Å²) in [7, 11) is 1.26. The number of hydrogen-bond donors (Lipinski definition) is 0. The van der Waals surface area contributed by atoms with Crippen LogP contribution in [0.3, 0.4) is 0 Å². The molecule has 3 nitrogen and oxygen atoms in total. The molecule has 0 saturated heterocycles. The average Bonchev–Trinajstić information content (AvgIpc) is 1.99. The van der Waals surface area contributed by atoms with Gasteiger partial charge in [0, 0.05) is 6.08 Å². The highest BCUT2D eigenvalue weighted by Crippen LogP contribution is 1.99. The molecule has 0 saturated carbocycles. The number of hydrogen-bond acceptors (Lipinski definition) is 3. The molecule has 0 spiro atoms. The van der Waals surface area contributed by atoms with Crippen molar-refractivity contribution in [3.8, 4) is 0 Å². The van der Waals surface area contributed by atoms with Crippen LogP contribution in [-0.2, 0) is 14.3 Å². The first kappa shape index (κ1) is 10.4. The molecule has 0 heterocycles. The number of esters is 1. The van der Waals surface area contributed by atoms with Crippen molar-refractivity contribution in [2.45, 2.75) is 11.8 Å². The molecule has 0 aromatic heterocycles. The Kier molecular flexibility index (Phi) is 4.77. The van der Waals surface area contributed by atoms with E-state index < -0.39 is 5.97 Å². The molecular formula is C7H9BrO3. The van der Waals surface area contributed by atoms with Crippen molar-refractivity contribution in [3.05, 3.63) is 12.2 Å². The molecule has 0 bridgehead atoms. The van der Waals surface area contributed by atoms with E-state index in [1.54, 1.807) is 6.92 Å². The molecule has 0 aliphatic rings. The van der Waals surface area contributed by atoms with Crippen LogP contribution in [-0.4, -0.2) is 23.7 Å². The molecule has 0 fully saturated rings. The van der Waals surface area contributed by atoms with Gasteiger partial charge in [-0.1, -0.05) is 15.9 Å². The van der Waals surface area contributed by atoms with Gasteiger partial charge in [0.1, 0.15) is 0 Å². The van der Waals surface area contributed by atoms with Crippen LogP contribution in [0.1, 0.15) is 6.92 Å². The van der Waals surface area contributed by atoms with Gasteiger partial charge in [-0.05, 0) is 13.0 Å². The van der Waals surface area contributed by atoms with Crippen molar-refractivity contribution in [1.29, 1.82) is 0 Å². The van der Waals surface area contributed by atoms with Crippen LogP contribution in [0.25, 0.3) is 0 Å². The highest BCUT2D eigenvalue weighted by atomic mass is 79.9. The van der Waals surface area contributed by atoms with Gasteiger partial charge in [-0.15, -0.1) is 0 Å². The summed E-state index contributed by atoms with van der Waals surface area (Å²) in [6.07, 6.45) is 2.28. The van der Waals surface area contributed by atoms with Gasteiger partial charge in [-0.25, -0.2) is 4.79 Å². The maximum Gasteiger partial charge on any atom is 0.330 e. The Morgan fingerprint density at radius 1 is 1.45 bits per heavy atom. The van der Waals surface area contributed by atoms with Gasteiger partial charge in [0.2, 0.25) is 0 Å². The van der Waals surface area contributed by atoms with Crippen LogP contribution in [0.4, 0.5) is 0 Å². The zero-order valence-corrected chi connectivity index (χ0v) is 7.92. The number of ether oxygens (including phenoxy) is 1. The van der Waals surface area contributed by atoms with Gasteiger partial charge in [-0.3, -0.25) is 4.79 Å². The number of halogens is 1. The van der Waals surface area contributed by atoms with Crippen molar-refractivity contribution >= 4 is 27.7 Å². The molecule has 11 heavy (non-hydrogen) atoms. The number of carbonyl (C=O) groups is 2. The van der Waals surface area contributed by atoms with Crippen molar-refractivity contribution in [3.63, 3.8) is 0 Å². The lowest BCUT2D eigenvalue weighted by atomic mass is 10.3. The summed E-state index contributed by atoms with van der Waals surface area (Å²) in [5.41, 5.74) is 0. The van der Waals surface area contributed by atoms with Crippen molar-refractivity contribution in [2.24, 2.45) is 0 Å². The molecule has 62 valence electrons. The largest absolute Gasteiger partial charge is 0.466 e. The minimum Gasteiger partial charge on any atom is -0.466 e. The molecule has 0 aromatic rings. The Morgan fingerprint density at radius 2 is 2.00 bits per heavy atom. The minimum absolute atomic E-state index is 0.157. The molecule has 4 heteroatoms. The molecule has 0 rings (SSSR count). The number of carbonyl (C=O) groups excluding carboxylic acids is 2. The lowest BCUT2D eigenvalue weighted by Crippen LogP contribution is -2.06. The first-order chi connectivity index (χ1) is 5.07. The van der Waals surface area contributed by atoms with Gasteiger partial charge in [0.05, 0.1) is 11.9 Å². The van der Waals surface area contributed by atoms with E-state index >= 15 is 0 Å². The van der Waals surface area contributed by atoms with Crippen molar-refractivity contribution < 1.29 is 14.3 Å². The Bertz CT molecular complexity index is 184. The van der Waals surface area contributed by atoms with Crippen molar-refractivity contribution in [2.75, 3.05) is 7.11 Å². The van der Waals surface area contributed by atoms with Crippen molar-refractivity contribution in [1.82, 2.24) is 0 Å². The summed E-state index contributed by atoms with van der Waals surface area (Å²) in [4.78, 5) is 21.0. The quantitative estimate of drug-likeness (QED) is 0.406. The molecule has 0 aromatic carbocycles. The average molecular weight is 221 g/mol. The SMILES string of the molecule is COC(=O)/C=C/C(=O)C(C)Br. The second-order valence-corrected chi connectivity index (χ2v) is 3.25. The number of allylic oxidation sites excluding steroid dienone is 1. The van der Waals surface area contributed by atoms with Gasteiger partial charge < -0.3 is 4.74 Å². The molecule has 1 atom stereocenters. The summed E-state index contributed by atoms with van der Waals surface area (Å²) in [5.74, 6) is -0.679. The zero-order chi connectivity index (χ0) is 8.85. The lowest BCUT2D eigenvalue weighted by molar-refractivity contribution is -0.135. The number of rotatable bonds is 3. The summed E-state index contributed by atoms with van der Waals surface area (Å²) >= 11 is 3.06. The second-order valence-electron chi connectivity index (χ2n) is 1.87. The predicted molar refractivity (Wildman–Crippen MR) is 44.6 cm³/mol. The molecule has 0 aliphatic carbocycles. The number of ketones is 1. The third-order valence-corrected chi connectivity index (χ3v) is 1.43. The molecular weight excluding hydrogens is 212 g/mol. The fourth-order valence-corrected chi connectivity index (χ4v) is 0.503. The van der Waals surface area contributed by atoms with Crippen LogP contribution >= 0.6 is 15.9 Å². The first-order valence-electron chi connectivity index (χ1n) is 3.02. The molecule has 0 amide bonds. The lowest BCUT2D eigenvalue weighted by Gasteiger charge is -1.93. The Balaban J connectivity index is 3.93. The monoisotopic (exact) mass is 220 g/mol. The van der Waals surface area contributed by atoms with Gasteiger partial charge in [0.15, 0.2) is 5.78 Å². The van der Waals surface area contributed by atoms with E-state index in [9.17, 15) is 9.59 Å². The standard InChI is InChI=1S/C7H9BrO3/c1-5(8)6(9)3-4-7(10)11-2/h3-5H,1-2H3/b4-3+. The third kappa shape index (κ3) is 4.72. The van der Waals surface area contributed by atoms with Crippen LogP contribution in [0.5, 0.6) is 0 Å². The molecule has 0 N–H and O–H groups in total. The molecule has 0 aliphatic heterocycles. The molecule has 0 radical (unpaired) electrons. The van der Waals surface area contributed by atoms with E-state index in [0.717, 1.165) is 6.08 Å². The first-order valence-corrected chi connectivity index (χ1v) is 3.93. The molecule has 1 unspecified atom stereocenters. The minimum atomic E-state index is -0.522. The fraction of sp³-hybridized carbons (Fsp3) is 0.429. The van der Waals surface area contributed by atoms with E-state index in [0.29, 0.717) is 0 Å². The number of methoxy groups -OCH3 is 1. The highest BCUT2D eigenvalue weighted by Gasteiger charge is 2.04. The fourth-order valence-electron chi connectivity index (χ4n) is 0.351. The van der Waals surface area contributed by atoms with Crippen LogP contribution in [0.15, 0.2) is 12.2 Å². The van der Waals surface area contributed by atoms with Crippen LogP contribution in [0, 0.1) is 0 Å². The maximum atomic E-state index is 10.8. The zero-order valence-electron chi connectivity index (χ0n) is 6.33. The highest BCUT2D eigenvalue weighted by molar-refractivity contribution is 9.10. The van der Waals surface area contributed by atoms with Crippen LogP contribution < -0.4 is 0 Å². The van der Waals surface area contributed by atoms with E-state index in [-0.39, 0.29) is 10.6 Å². The Labute approximate surface area is 73.5 Å². The van der Waals surface area contributed by atoms with Gasteiger partial charge in [0.25, 0.3) is 0 Å². The van der Waals surface area contributed by atoms with E-state index in [4.69, 9.17) is 0 Å². The Hall–Kier alpha value is -0.640. The van der Waals surface area contributed by atoms with E-state index in [2.05, 4.69) is 20.7 Å². The van der Waals surface area contributed by atoms with Gasteiger partial charge >= 0.3 is 5.97 Å². The van der Waals surface area contributed by atoms with E-state index in [1.165, 1.54) is 13.2 Å². The smallest absolute Gasteiger partial charge is 0.330 e. The maximum absolute atomic E-state index is 10.8. The summed E-state index contributed by atoms with van der Waals surface area (Å²) in [6.45, 7) is 1.68.